The average molecular weight is 321 g/mol. The molecule has 0 amide bonds. The molecule has 0 aliphatic carbocycles. The lowest BCUT2D eigenvalue weighted by atomic mass is 10.1. The zero-order chi connectivity index (χ0) is 15.5. The Morgan fingerprint density at radius 3 is 2.77 bits per heavy atom. The normalized spacial score (nSPS) is 16.8. The highest BCUT2D eigenvalue weighted by atomic mass is 35.5. The van der Waals surface area contributed by atoms with Gasteiger partial charge in [-0.3, -0.25) is 4.90 Å². The summed E-state index contributed by atoms with van der Waals surface area (Å²) >= 11 is 6.25. The van der Waals surface area contributed by atoms with Crippen LogP contribution in [0, 0.1) is 13.8 Å². The molecule has 5 nitrogen and oxygen atoms in total. The quantitative estimate of drug-likeness (QED) is 0.869. The van der Waals surface area contributed by atoms with Gasteiger partial charge in [-0.1, -0.05) is 17.7 Å². The Morgan fingerprint density at radius 1 is 1.14 bits per heavy atom. The number of halogens is 1. The van der Waals surface area contributed by atoms with Crippen LogP contribution < -0.4 is 4.90 Å². The summed E-state index contributed by atoms with van der Waals surface area (Å²) in [6.07, 6.45) is 1.11. The molecule has 0 saturated carbocycles. The van der Waals surface area contributed by atoms with Gasteiger partial charge in [-0.15, -0.1) is 10.2 Å². The van der Waals surface area contributed by atoms with Crippen molar-refractivity contribution in [3.05, 3.63) is 40.6 Å². The van der Waals surface area contributed by atoms with E-state index in [1.165, 1.54) is 5.69 Å². The Balaban J connectivity index is 1.65. The molecule has 0 bridgehead atoms. The fraction of sp³-hybridized carbons (Fsp3) is 0.500. The zero-order valence-electron chi connectivity index (χ0n) is 13.0. The van der Waals surface area contributed by atoms with Crippen molar-refractivity contribution in [2.24, 2.45) is 0 Å². The summed E-state index contributed by atoms with van der Waals surface area (Å²) in [5, 5.41) is 8.81. The molecule has 3 rings (SSSR count). The maximum atomic E-state index is 6.25. The lowest BCUT2D eigenvalue weighted by Crippen LogP contribution is -2.31. The van der Waals surface area contributed by atoms with Crippen LogP contribution in [0.1, 0.15) is 23.8 Å². The largest absolute Gasteiger partial charge is 0.424 e. The third-order valence-corrected chi connectivity index (χ3v) is 4.50. The van der Waals surface area contributed by atoms with E-state index in [0.717, 1.165) is 49.7 Å². The van der Waals surface area contributed by atoms with Crippen LogP contribution >= 0.6 is 11.6 Å². The van der Waals surface area contributed by atoms with Gasteiger partial charge in [0.15, 0.2) is 0 Å². The van der Waals surface area contributed by atoms with Crippen LogP contribution in [0.3, 0.4) is 0 Å². The molecule has 0 radical (unpaired) electrons. The topological polar surface area (TPSA) is 45.4 Å². The lowest BCUT2D eigenvalue weighted by Gasteiger charge is -2.25. The fourth-order valence-electron chi connectivity index (χ4n) is 2.90. The number of hydrogen-bond donors (Lipinski definition) is 0. The van der Waals surface area contributed by atoms with Crippen molar-refractivity contribution >= 4 is 17.3 Å². The van der Waals surface area contributed by atoms with Crippen LogP contribution in [-0.4, -0.2) is 41.3 Å². The summed E-state index contributed by atoms with van der Waals surface area (Å²) in [6, 6.07) is 6.12. The number of rotatable bonds is 3. The molecule has 0 spiro atoms. The van der Waals surface area contributed by atoms with Crippen LogP contribution in [0.15, 0.2) is 22.6 Å². The number of aryl methyl sites for hydroxylation is 1. The minimum atomic E-state index is 0.626. The molecule has 118 valence electrons. The predicted molar refractivity (Wildman–Crippen MR) is 87.3 cm³/mol. The van der Waals surface area contributed by atoms with Gasteiger partial charge >= 0.3 is 0 Å². The highest BCUT2D eigenvalue weighted by Crippen LogP contribution is 2.27. The van der Waals surface area contributed by atoms with E-state index in [9.17, 15) is 0 Å². The highest BCUT2D eigenvalue weighted by Gasteiger charge is 2.18. The Hall–Kier alpha value is -1.59. The fourth-order valence-corrected chi connectivity index (χ4v) is 3.07. The molecular formula is C16H21ClN4O. The first kappa shape index (κ1) is 15.3. The lowest BCUT2D eigenvalue weighted by molar-refractivity contribution is 0.253. The van der Waals surface area contributed by atoms with Crippen molar-refractivity contribution in [1.29, 1.82) is 0 Å². The third kappa shape index (κ3) is 3.42. The molecular weight excluding hydrogens is 300 g/mol. The van der Waals surface area contributed by atoms with E-state index >= 15 is 0 Å². The van der Waals surface area contributed by atoms with Crippen LogP contribution in [-0.2, 0) is 6.54 Å². The van der Waals surface area contributed by atoms with E-state index in [1.54, 1.807) is 0 Å². The van der Waals surface area contributed by atoms with Gasteiger partial charge in [-0.25, -0.2) is 0 Å². The van der Waals surface area contributed by atoms with Crippen LogP contribution in [0.25, 0.3) is 0 Å². The van der Waals surface area contributed by atoms with E-state index in [4.69, 9.17) is 16.0 Å². The van der Waals surface area contributed by atoms with Gasteiger partial charge in [0.2, 0.25) is 11.8 Å². The van der Waals surface area contributed by atoms with E-state index in [-0.39, 0.29) is 0 Å². The summed E-state index contributed by atoms with van der Waals surface area (Å²) in [6.45, 7) is 8.67. The van der Waals surface area contributed by atoms with Gasteiger partial charge in [0, 0.05) is 43.8 Å². The number of aromatic nitrogens is 2. The Bertz CT molecular complexity index is 643. The van der Waals surface area contributed by atoms with E-state index in [0.29, 0.717) is 11.8 Å². The summed E-state index contributed by atoms with van der Waals surface area (Å²) in [7, 11) is 0. The van der Waals surface area contributed by atoms with Crippen LogP contribution in [0.4, 0.5) is 5.69 Å². The number of hydrogen-bond acceptors (Lipinski definition) is 5. The minimum absolute atomic E-state index is 0.626. The van der Waals surface area contributed by atoms with E-state index in [1.807, 2.05) is 19.1 Å². The molecule has 1 saturated heterocycles. The molecule has 2 heterocycles. The van der Waals surface area contributed by atoms with Crippen molar-refractivity contribution in [2.75, 3.05) is 31.1 Å². The molecule has 0 unspecified atom stereocenters. The molecule has 6 heteroatoms. The average Bonchev–Trinajstić information content (AvgIpc) is 2.77. The van der Waals surface area contributed by atoms with Gasteiger partial charge < -0.3 is 9.32 Å². The molecule has 1 aromatic heterocycles. The van der Waals surface area contributed by atoms with Gasteiger partial charge in [0.1, 0.15) is 0 Å². The molecule has 1 aliphatic heterocycles. The molecule has 2 aromatic rings. The Labute approximate surface area is 135 Å². The Kier molecular flexibility index (Phi) is 4.64. The third-order valence-electron chi connectivity index (χ3n) is 4.10. The van der Waals surface area contributed by atoms with E-state index in [2.05, 4.69) is 33.0 Å². The standard InChI is InChI=1S/C16H21ClN4O/c1-12-14(17)5-3-6-15(12)21-8-4-7-20(9-10-21)11-16-19-18-13(2)22-16/h3,5-6H,4,7-11H2,1-2H3. The summed E-state index contributed by atoms with van der Waals surface area (Å²) < 4.78 is 5.48. The maximum absolute atomic E-state index is 6.25. The maximum Gasteiger partial charge on any atom is 0.230 e. The van der Waals surface area contributed by atoms with Crippen molar-refractivity contribution < 1.29 is 4.42 Å². The molecule has 0 N–H and O–H groups in total. The molecule has 22 heavy (non-hydrogen) atoms. The first-order valence-electron chi connectivity index (χ1n) is 7.65. The molecule has 1 aromatic carbocycles. The zero-order valence-corrected chi connectivity index (χ0v) is 13.8. The van der Waals surface area contributed by atoms with Crippen LogP contribution in [0.2, 0.25) is 5.02 Å². The smallest absolute Gasteiger partial charge is 0.230 e. The van der Waals surface area contributed by atoms with Gasteiger partial charge in [-0.2, -0.15) is 0 Å². The monoisotopic (exact) mass is 320 g/mol. The molecule has 0 atom stereocenters. The number of anilines is 1. The SMILES string of the molecule is Cc1nnc(CN2CCCN(c3cccc(Cl)c3C)CC2)o1. The van der Waals surface area contributed by atoms with Crippen molar-refractivity contribution in [1.82, 2.24) is 15.1 Å². The Morgan fingerprint density at radius 2 is 2.00 bits per heavy atom. The number of nitrogens with zero attached hydrogens (tertiary/aromatic N) is 4. The highest BCUT2D eigenvalue weighted by molar-refractivity contribution is 6.31. The molecule has 1 fully saturated rings. The second kappa shape index (κ2) is 6.67. The van der Waals surface area contributed by atoms with E-state index < -0.39 is 0 Å². The summed E-state index contributed by atoms with van der Waals surface area (Å²) in [5.74, 6) is 1.32. The number of benzene rings is 1. The minimum Gasteiger partial charge on any atom is -0.424 e. The second-order valence-corrected chi connectivity index (χ2v) is 6.12. The van der Waals surface area contributed by atoms with Crippen molar-refractivity contribution in [2.45, 2.75) is 26.8 Å². The molecule has 1 aliphatic rings. The second-order valence-electron chi connectivity index (χ2n) is 5.72. The summed E-state index contributed by atoms with van der Waals surface area (Å²) in [5.41, 5.74) is 2.40. The van der Waals surface area contributed by atoms with Crippen molar-refractivity contribution in [3.63, 3.8) is 0 Å². The predicted octanol–water partition coefficient (Wildman–Crippen LogP) is 3.05. The van der Waals surface area contributed by atoms with Crippen molar-refractivity contribution in [3.8, 4) is 0 Å². The first-order valence-corrected chi connectivity index (χ1v) is 8.02. The van der Waals surface area contributed by atoms with Crippen LogP contribution in [0.5, 0.6) is 0 Å². The summed E-state index contributed by atoms with van der Waals surface area (Å²) in [4.78, 5) is 4.78. The van der Waals surface area contributed by atoms with Gasteiger partial charge in [-0.05, 0) is 31.0 Å². The van der Waals surface area contributed by atoms with Gasteiger partial charge in [0.05, 0.1) is 6.54 Å². The first-order chi connectivity index (χ1) is 10.6. The van der Waals surface area contributed by atoms with Gasteiger partial charge in [0.25, 0.3) is 0 Å².